The minimum atomic E-state index is -0.652. The minimum Gasteiger partial charge on any atom is -0.465 e. The second-order valence-corrected chi connectivity index (χ2v) is 9.26. The van der Waals surface area contributed by atoms with E-state index >= 15 is 0 Å². The molecular weight excluding hydrogens is 488 g/mol. The van der Waals surface area contributed by atoms with Crippen molar-refractivity contribution in [3.63, 3.8) is 0 Å². The molecule has 0 bridgehead atoms. The topological polar surface area (TPSA) is 124 Å². The van der Waals surface area contributed by atoms with Gasteiger partial charge in [0.25, 0.3) is 16.8 Å². The van der Waals surface area contributed by atoms with E-state index in [9.17, 15) is 24.5 Å². The number of thioether (sulfide) groups is 1. The summed E-state index contributed by atoms with van der Waals surface area (Å²) in [5.74, 6) is -1.21. The highest BCUT2D eigenvalue weighted by atomic mass is 32.2. The van der Waals surface area contributed by atoms with Crippen molar-refractivity contribution in [2.75, 3.05) is 44.4 Å². The smallest absolute Gasteiger partial charge is 0.326 e. The van der Waals surface area contributed by atoms with Gasteiger partial charge in [0.2, 0.25) is 0 Å². The van der Waals surface area contributed by atoms with Crippen molar-refractivity contribution in [2.45, 2.75) is 20.8 Å². The molecule has 2 aliphatic rings. The third-order valence-corrected chi connectivity index (χ3v) is 6.90. The summed E-state index contributed by atoms with van der Waals surface area (Å²) in [6.07, 6.45) is 1.60. The van der Waals surface area contributed by atoms with Gasteiger partial charge < -0.3 is 18.9 Å². The van der Waals surface area contributed by atoms with Crippen LogP contribution in [-0.2, 0) is 19.1 Å². The van der Waals surface area contributed by atoms with Crippen LogP contribution in [0.25, 0.3) is 11.8 Å². The van der Waals surface area contributed by atoms with Crippen LogP contribution in [0, 0.1) is 24.0 Å². The number of imide groups is 1. The van der Waals surface area contributed by atoms with E-state index in [1.54, 1.807) is 25.1 Å². The molecule has 2 aliphatic heterocycles. The number of nitro groups is 1. The summed E-state index contributed by atoms with van der Waals surface area (Å²) in [4.78, 5) is 51.3. The Kier molecular flexibility index (Phi) is 7.45. The molecule has 0 unspecified atom stereocenters. The molecule has 190 valence electrons. The largest absolute Gasteiger partial charge is 0.465 e. The Morgan fingerprint density at radius 3 is 2.61 bits per heavy atom. The maximum Gasteiger partial charge on any atom is 0.326 e. The first-order chi connectivity index (χ1) is 17.2. The zero-order valence-corrected chi connectivity index (χ0v) is 21.0. The molecule has 1 aromatic carbocycles. The molecule has 3 heterocycles. The van der Waals surface area contributed by atoms with Crippen LogP contribution >= 0.6 is 11.8 Å². The molecule has 4 rings (SSSR count). The lowest BCUT2D eigenvalue weighted by Gasteiger charge is -2.28. The molecule has 0 saturated carbocycles. The summed E-state index contributed by atoms with van der Waals surface area (Å²) in [5, 5.41) is 11.3. The molecule has 0 aliphatic carbocycles. The van der Waals surface area contributed by atoms with E-state index in [1.807, 2.05) is 35.4 Å². The van der Waals surface area contributed by atoms with Crippen LogP contribution in [0.5, 0.6) is 0 Å². The lowest BCUT2D eigenvalue weighted by Crippen LogP contribution is -2.36. The second kappa shape index (κ2) is 10.5. The number of rotatable bonds is 7. The van der Waals surface area contributed by atoms with Gasteiger partial charge in [0.1, 0.15) is 12.2 Å². The Balaban J connectivity index is 1.64. The first kappa shape index (κ1) is 25.5. The average Bonchev–Trinajstić information content (AvgIpc) is 3.28. The number of carbonyl (C=O) groups excluding carboxylic acids is 3. The van der Waals surface area contributed by atoms with Crippen molar-refractivity contribution in [3.05, 3.63) is 56.2 Å². The number of anilines is 1. The Morgan fingerprint density at radius 2 is 1.94 bits per heavy atom. The highest BCUT2D eigenvalue weighted by Gasteiger charge is 2.37. The van der Waals surface area contributed by atoms with E-state index in [1.165, 1.54) is 0 Å². The number of aromatic nitrogens is 1. The molecule has 2 saturated heterocycles. The minimum absolute atomic E-state index is 0.00327. The Hall–Kier alpha value is -3.64. The van der Waals surface area contributed by atoms with Crippen molar-refractivity contribution < 1.29 is 28.8 Å². The van der Waals surface area contributed by atoms with E-state index in [4.69, 9.17) is 9.47 Å². The lowest BCUT2D eigenvalue weighted by atomic mass is 10.2. The summed E-state index contributed by atoms with van der Waals surface area (Å²) in [5.41, 5.74) is 3.40. The second-order valence-electron chi connectivity index (χ2n) is 8.26. The van der Waals surface area contributed by atoms with Gasteiger partial charge in [-0.1, -0.05) is 0 Å². The summed E-state index contributed by atoms with van der Waals surface area (Å²) >= 11 is 0.757. The Bertz CT molecular complexity index is 1260. The number of aryl methyl sites for hydroxylation is 1. The quantitative estimate of drug-likeness (QED) is 0.236. The third-order valence-electron chi connectivity index (χ3n) is 5.99. The summed E-state index contributed by atoms with van der Waals surface area (Å²) < 4.78 is 12.1. The van der Waals surface area contributed by atoms with Gasteiger partial charge in [0, 0.05) is 30.5 Å². The lowest BCUT2D eigenvalue weighted by molar-refractivity contribution is -0.384. The number of benzene rings is 1. The monoisotopic (exact) mass is 514 g/mol. The average molecular weight is 515 g/mol. The van der Waals surface area contributed by atoms with Gasteiger partial charge in [-0.25, -0.2) is 0 Å². The van der Waals surface area contributed by atoms with Crippen LogP contribution < -0.4 is 4.90 Å². The van der Waals surface area contributed by atoms with Gasteiger partial charge in [-0.3, -0.25) is 29.4 Å². The molecule has 0 atom stereocenters. The number of carbonyl (C=O) groups is 3. The fourth-order valence-corrected chi connectivity index (χ4v) is 5.14. The van der Waals surface area contributed by atoms with Gasteiger partial charge in [-0.05, 0) is 62.4 Å². The van der Waals surface area contributed by atoms with Crippen LogP contribution in [0.2, 0.25) is 0 Å². The zero-order chi connectivity index (χ0) is 26.0. The fraction of sp³-hybridized carbons (Fsp3) is 0.375. The van der Waals surface area contributed by atoms with Crippen molar-refractivity contribution in [1.82, 2.24) is 9.47 Å². The SMILES string of the molecule is CCOC(=O)CN1C(=O)S/C(=C\c2cc(C)n(-c3ccc(N4CCOCC4)c([N+](=O)[O-])c3)c2C)C1=O. The highest BCUT2D eigenvalue weighted by Crippen LogP contribution is 2.35. The molecule has 0 spiro atoms. The Labute approximate surface area is 211 Å². The van der Waals surface area contributed by atoms with E-state index in [-0.39, 0.29) is 22.1 Å². The van der Waals surface area contributed by atoms with Gasteiger partial charge in [-0.15, -0.1) is 0 Å². The molecule has 2 amide bonds. The zero-order valence-electron chi connectivity index (χ0n) is 20.2. The van der Waals surface area contributed by atoms with Gasteiger partial charge in [0.05, 0.1) is 35.3 Å². The molecule has 0 N–H and O–H groups in total. The number of hydrogen-bond acceptors (Lipinski definition) is 9. The standard InChI is InChI=1S/C24H26N4O7S/c1-4-35-22(29)14-26-23(30)21(36-24(26)31)12-17-11-15(2)27(16(17)3)18-5-6-19(20(13-18)28(32)33)25-7-9-34-10-8-25/h5-6,11-13H,4,7-10,14H2,1-3H3/b21-12-. The molecule has 36 heavy (non-hydrogen) atoms. The number of esters is 1. The van der Waals surface area contributed by atoms with E-state index in [0.717, 1.165) is 28.0 Å². The van der Waals surface area contributed by atoms with E-state index in [2.05, 4.69) is 0 Å². The maximum atomic E-state index is 12.8. The van der Waals surface area contributed by atoms with Crippen molar-refractivity contribution in [1.29, 1.82) is 0 Å². The van der Waals surface area contributed by atoms with Crippen molar-refractivity contribution >= 4 is 46.3 Å². The molecule has 11 nitrogen and oxygen atoms in total. The molecule has 1 aromatic heterocycles. The predicted molar refractivity (Wildman–Crippen MR) is 134 cm³/mol. The summed E-state index contributed by atoms with van der Waals surface area (Å²) in [7, 11) is 0. The van der Waals surface area contributed by atoms with Crippen LogP contribution in [0.1, 0.15) is 23.9 Å². The summed E-state index contributed by atoms with van der Waals surface area (Å²) in [6, 6.07) is 6.96. The molecular formula is C24H26N4O7S. The van der Waals surface area contributed by atoms with E-state index in [0.29, 0.717) is 43.2 Å². The van der Waals surface area contributed by atoms with Gasteiger partial charge >= 0.3 is 5.97 Å². The number of amides is 2. The van der Waals surface area contributed by atoms with Gasteiger partial charge in [-0.2, -0.15) is 0 Å². The molecule has 2 fully saturated rings. The highest BCUT2D eigenvalue weighted by molar-refractivity contribution is 8.18. The van der Waals surface area contributed by atoms with Crippen LogP contribution in [-0.4, -0.2) is 71.0 Å². The predicted octanol–water partition coefficient (Wildman–Crippen LogP) is 3.44. The van der Waals surface area contributed by atoms with E-state index < -0.39 is 23.7 Å². The number of hydrogen-bond donors (Lipinski definition) is 0. The van der Waals surface area contributed by atoms with Crippen molar-refractivity contribution in [3.8, 4) is 5.69 Å². The maximum absolute atomic E-state index is 12.8. The Morgan fingerprint density at radius 1 is 1.22 bits per heavy atom. The van der Waals surface area contributed by atoms with Crippen LogP contribution in [0.3, 0.4) is 0 Å². The number of ether oxygens (including phenoxy) is 2. The normalized spacial score (nSPS) is 17.2. The summed E-state index contributed by atoms with van der Waals surface area (Å²) in [6.45, 7) is 7.26. The number of morpholine rings is 1. The molecule has 0 radical (unpaired) electrons. The first-order valence-electron chi connectivity index (χ1n) is 11.4. The number of nitrogens with zero attached hydrogens (tertiary/aromatic N) is 4. The van der Waals surface area contributed by atoms with Gasteiger partial charge in [0.15, 0.2) is 0 Å². The first-order valence-corrected chi connectivity index (χ1v) is 12.2. The molecule has 2 aromatic rings. The molecule has 12 heteroatoms. The number of nitro benzene ring substituents is 1. The fourth-order valence-electron chi connectivity index (χ4n) is 4.31. The third kappa shape index (κ3) is 5.00. The van der Waals surface area contributed by atoms with Crippen LogP contribution in [0.15, 0.2) is 29.2 Å². The van der Waals surface area contributed by atoms with Crippen molar-refractivity contribution in [2.24, 2.45) is 0 Å². The van der Waals surface area contributed by atoms with Crippen LogP contribution in [0.4, 0.5) is 16.2 Å².